The number of rotatable bonds is 4. The summed E-state index contributed by atoms with van der Waals surface area (Å²) in [7, 11) is 0. The molecule has 0 unspecified atom stereocenters. The highest BCUT2D eigenvalue weighted by Gasteiger charge is 2.09. The highest BCUT2D eigenvalue weighted by molar-refractivity contribution is 6.30. The van der Waals surface area contributed by atoms with Crippen molar-refractivity contribution in [3.8, 4) is 0 Å². The molecule has 0 aliphatic heterocycles. The van der Waals surface area contributed by atoms with Gasteiger partial charge in [0.1, 0.15) is 0 Å². The van der Waals surface area contributed by atoms with Crippen molar-refractivity contribution in [3.05, 3.63) is 88.7 Å². The van der Waals surface area contributed by atoms with Gasteiger partial charge in [-0.2, -0.15) is 5.10 Å². The SMILES string of the molecule is O=C(NNC(=O)c1ccc(Cn2cccn2)cc1)c1ccc(Cl)cc1. The fourth-order valence-corrected chi connectivity index (χ4v) is 2.33. The predicted octanol–water partition coefficient (Wildman–Crippen LogP) is 2.66. The number of carbonyl (C=O) groups is 2. The first kappa shape index (κ1) is 16.7. The summed E-state index contributed by atoms with van der Waals surface area (Å²) >= 11 is 5.77. The molecule has 2 aromatic carbocycles. The van der Waals surface area contributed by atoms with Gasteiger partial charge in [0.05, 0.1) is 6.54 Å². The quantitative estimate of drug-likeness (QED) is 0.707. The van der Waals surface area contributed by atoms with E-state index >= 15 is 0 Å². The van der Waals surface area contributed by atoms with Crippen LogP contribution in [0.25, 0.3) is 0 Å². The first-order valence-corrected chi connectivity index (χ1v) is 7.92. The number of hydrogen-bond donors (Lipinski definition) is 2. The molecular weight excluding hydrogens is 340 g/mol. The maximum Gasteiger partial charge on any atom is 0.269 e. The molecular formula is C18H15ClN4O2. The monoisotopic (exact) mass is 354 g/mol. The Morgan fingerprint density at radius 1 is 0.920 bits per heavy atom. The van der Waals surface area contributed by atoms with Gasteiger partial charge < -0.3 is 0 Å². The molecule has 7 heteroatoms. The molecule has 0 saturated heterocycles. The number of hydrogen-bond acceptors (Lipinski definition) is 3. The van der Waals surface area contributed by atoms with Gasteiger partial charge >= 0.3 is 0 Å². The van der Waals surface area contributed by atoms with Crippen molar-refractivity contribution in [1.82, 2.24) is 20.6 Å². The Hall–Kier alpha value is -3.12. The largest absolute Gasteiger partial charge is 0.269 e. The summed E-state index contributed by atoms with van der Waals surface area (Å²) in [5.74, 6) is -0.812. The average molecular weight is 355 g/mol. The van der Waals surface area contributed by atoms with Crippen LogP contribution in [0.4, 0.5) is 0 Å². The van der Waals surface area contributed by atoms with Crippen LogP contribution in [0.1, 0.15) is 26.3 Å². The van der Waals surface area contributed by atoms with E-state index in [1.165, 1.54) is 0 Å². The topological polar surface area (TPSA) is 76.0 Å². The molecule has 2 amide bonds. The molecule has 2 N–H and O–H groups in total. The van der Waals surface area contributed by atoms with Crippen molar-refractivity contribution in [3.63, 3.8) is 0 Å². The molecule has 126 valence electrons. The van der Waals surface area contributed by atoms with E-state index in [1.54, 1.807) is 47.3 Å². The summed E-state index contributed by atoms with van der Waals surface area (Å²) in [6.07, 6.45) is 3.58. The Morgan fingerprint density at radius 2 is 1.48 bits per heavy atom. The van der Waals surface area contributed by atoms with Gasteiger partial charge in [0.2, 0.25) is 0 Å². The number of nitrogens with one attached hydrogen (secondary N) is 2. The van der Waals surface area contributed by atoms with Gasteiger partial charge in [0.15, 0.2) is 0 Å². The van der Waals surface area contributed by atoms with Crippen LogP contribution in [0, 0.1) is 0 Å². The zero-order valence-corrected chi connectivity index (χ0v) is 13.9. The van der Waals surface area contributed by atoms with Crippen molar-refractivity contribution in [2.24, 2.45) is 0 Å². The Kier molecular flexibility index (Phi) is 5.11. The molecule has 0 bridgehead atoms. The van der Waals surface area contributed by atoms with E-state index in [1.807, 2.05) is 24.4 Å². The number of hydrazine groups is 1. The standard InChI is InChI=1S/C18H15ClN4O2/c19-16-8-6-15(7-9-16)18(25)22-21-17(24)14-4-2-13(3-5-14)12-23-11-1-10-20-23/h1-11H,12H2,(H,21,24)(H,22,25). The molecule has 0 atom stereocenters. The molecule has 0 radical (unpaired) electrons. The zero-order valence-electron chi connectivity index (χ0n) is 13.1. The van der Waals surface area contributed by atoms with E-state index in [0.29, 0.717) is 22.7 Å². The summed E-state index contributed by atoms with van der Waals surface area (Å²) in [6, 6.07) is 15.3. The number of amides is 2. The maximum absolute atomic E-state index is 12.1. The lowest BCUT2D eigenvalue weighted by atomic mass is 10.1. The minimum atomic E-state index is -0.416. The molecule has 3 rings (SSSR count). The van der Waals surface area contributed by atoms with E-state index in [0.717, 1.165) is 5.56 Å². The van der Waals surface area contributed by atoms with Gasteiger partial charge in [-0.05, 0) is 48.0 Å². The number of aromatic nitrogens is 2. The summed E-state index contributed by atoms with van der Waals surface area (Å²) in [5, 5.41) is 4.67. The fraction of sp³-hybridized carbons (Fsp3) is 0.0556. The molecule has 0 aliphatic rings. The van der Waals surface area contributed by atoms with Crippen LogP contribution in [0.2, 0.25) is 5.02 Å². The van der Waals surface area contributed by atoms with E-state index in [4.69, 9.17) is 11.6 Å². The van der Waals surface area contributed by atoms with E-state index in [-0.39, 0.29) is 0 Å². The second-order valence-electron chi connectivity index (χ2n) is 5.32. The van der Waals surface area contributed by atoms with Crippen molar-refractivity contribution >= 4 is 23.4 Å². The molecule has 3 aromatic rings. The second kappa shape index (κ2) is 7.63. The van der Waals surface area contributed by atoms with Crippen LogP contribution in [0.3, 0.4) is 0 Å². The van der Waals surface area contributed by atoms with Gasteiger partial charge in [-0.3, -0.25) is 25.1 Å². The lowest BCUT2D eigenvalue weighted by Gasteiger charge is -2.08. The minimum Gasteiger partial charge on any atom is -0.268 e. The fourth-order valence-electron chi connectivity index (χ4n) is 2.20. The van der Waals surface area contributed by atoms with Gasteiger partial charge in [-0.25, -0.2) is 0 Å². The van der Waals surface area contributed by atoms with E-state index in [2.05, 4.69) is 16.0 Å². The van der Waals surface area contributed by atoms with Crippen molar-refractivity contribution in [1.29, 1.82) is 0 Å². The Balaban J connectivity index is 1.55. The van der Waals surface area contributed by atoms with Crippen molar-refractivity contribution in [2.45, 2.75) is 6.54 Å². The number of nitrogens with zero attached hydrogens (tertiary/aromatic N) is 2. The average Bonchev–Trinajstić information content (AvgIpc) is 3.13. The second-order valence-corrected chi connectivity index (χ2v) is 5.75. The molecule has 1 heterocycles. The van der Waals surface area contributed by atoms with Gasteiger partial charge in [0.25, 0.3) is 11.8 Å². The van der Waals surface area contributed by atoms with Crippen molar-refractivity contribution < 1.29 is 9.59 Å². The number of benzene rings is 2. The van der Waals surface area contributed by atoms with Crippen LogP contribution in [-0.2, 0) is 6.54 Å². The maximum atomic E-state index is 12.1. The third-order valence-corrected chi connectivity index (χ3v) is 3.77. The van der Waals surface area contributed by atoms with Gasteiger partial charge in [-0.15, -0.1) is 0 Å². The zero-order chi connectivity index (χ0) is 17.6. The third-order valence-electron chi connectivity index (χ3n) is 3.52. The summed E-state index contributed by atoms with van der Waals surface area (Å²) in [4.78, 5) is 24.0. The van der Waals surface area contributed by atoms with Gasteiger partial charge in [0, 0.05) is 28.5 Å². The van der Waals surface area contributed by atoms with Crippen molar-refractivity contribution in [2.75, 3.05) is 0 Å². The summed E-state index contributed by atoms with van der Waals surface area (Å²) in [5.41, 5.74) is 6.63. The number of halogens is 1. The van der Waals surface area contributed by atoms with E-state index < -0.39 is 11.8 Å². The summed E-state index contributed by atoms with van der Waals surface area (Å²) < 4.78 is 1.79. The molecule has 0 spiro atoms. The molecule has 0 saturated carbocycles. The van der Waals surface area contributed by atoms with Crippen LogP contribution in [-0.4, -0.2) is 21.6 Å². The van der Waals surface area contributed by atoms with Crippen LogP contribution in [0.15, 0.2) is 67.0 Å². The molecule has 1 aromatic heterocycles. The first-order chi connectivity index (χ1) is 12.1. The molecule has 0 aliphatic carbocycles. The normalized spacial score (nSPS) is 10.3. The first-order valence-electron chi connectivity index (χ1n) is 7.54. The van der Waals surface area contributed by atoms with Crippen LogP contribution >= 0.6 is 11.6 Å². The van der Waals surface area contributed by atoms with Crippen LogP contribution < -0.4 is 10.9 Å². The lowest BCUT2D eigenvalue weighted by Crippen LogP contribution is -2.41. The highest BCUT2D eigenvalue weighted by atomic mass is 35.5. The number of carbonyl (C=O) groups excluding carboxylic acids is 2. The smallest absolute Gasteiger partial charge is 0.268 e. The van der Waals surface area contributed by atoms with Crippen LogP contribution in [0.5, 0.6) is 0 Å². The molecule has 0 fully saturated rings. The summed E-state index contributed by atoms with van der Waals surface area (Å²) in [6.45, 7) is 0.627. The molecule has 25 heavy (non-hydrogen) atoms. The predicted molar refractivity (Wildman–Crippen MR) is 94.2 cm³/mol. The third kappa shape index (κ3) is 4.45. The van der Waals surface area contributed by atoms with Gasteiger partial charge in [-0.1, -0.05) is 23.7 Å². The molecule has 6 nitrogen and oxygen atoms in total. The highest BCUT2D eigenvalue weighted by Crippen LogP contribution is 2.09. The van der Waals surface area contributed by atoms with E-state index in [9.17, 15) is 9.59 Å². The Labute approximate surface area is 149 Å². The minimum absolute atomic E-state index is 0.395. The lowest BCUT2D eigenvalue weighted by molar-refractivity contribution is 0.0846. The Morgan fingerprint density at radius 3 is 2.00 bits per heavy atom. The Bertz CT molecular complexity index is 859.